The third-order valence-electron chi connectivity index (χ3n) is 5.52. The first kappa shape index (κ1) is 17.3. The first-order valence-electron chi connectivity index (χ1n) is 9.27. The molecule has 8 nitrogen and oxygen atoms in total. The van der Waals surface area contributed by atoms with Crippen LogP contribution in [-0.4, -0.2) is 50.4 Å². The highest BCUT2D eigenvalue weighted by Crippen LogP contribution is 2.46. The number of hydrogen-bond acceptors (Lipinski definition) is 7. The van der Waals surface area contributed by atoms with Crippen molar-refractivity contribution in [3.05, 3.63) is 47.1 Å². The number of thiophene rings is 1. The number of aromatic amines is 1. The van der Waals surface area contributed by atoms with Gasteiger partial charge in [-0.25, -0.2) is 15.0 Å². The fourth-order valence-corrected chi connectivity index (χ4v) is 5.23. The van der Waals surface area contributed by atoms with Crippen molar-refractivity contribution < 1.29 is 9.53 Å². The van der Waals surface area contributed by atoms with Crippen LogP contribution in [0.25, 0.3) is 10.6 Å². The second-order valence-electron chi connectivity index (χ2n) is 7.12. The standard InChI is InChI=1S/C19H20N6O2S/c20-17-10-22-13(9-23-17)16-7-12-15(28-16)1-6-27-19(12)2-4-25(5-3-19)18(26)14-8-21-11-24-14/h7-11H,1-6H2,(H2,20,23)(H,21,24). The Labute approximate surface area is 165 Å². The summed E-state index contributed by atoms with van der Waals surface area (Å²) >= 11 is 1.75. The van der Waals surface area contributed by atoms with Gasteiger partial charge in [-0.15, -0.1) is 11.3 Å². The molecule has 0 aliphatic carbocycles. The molecule has 0 bridgehead atoms. The van der Waals surface area contributed by atoms with Gasteiger partial charge in [0.25, 0.3) is 5.91 Å². The number of H-pyrrole nitrogens is 1. The number of anilines is 1. The smallest absolute Gasteiger partial charge is 0.271 e. The van der Waals surface area contributed by atoms with Crippen molar-refractivity contribution in [3.63, 3.8) is 0 Å². The molecule has 0 aromatic carbocycles. The molecule has 144 valence electrons. The SMILES string of the molecule is Nc1cnc(-c2cc3c(s2)CCOC32CCN(C(=O)c3cnc[nH]3)CC2)cn1. The van der Waals surface area contributed by atoms with Crippen molar-refractivity contribution in [2.24, 2.45) is 0 Å². The molecule has 1 saturated heterocycles. The average molecular weight is 396 g/mol. The molecule has 1 spiro atoms. The van der Waals surface area contributed by atoms with Crippen LogP contribution in [0.3, 0.4) is 0 Å². The minimum atomic E-state index is -0.325. The van der Waals surface area contributed by atoms with Crippen LogP contribution in [0.5, 0.6) is 0 Å². The molecule has 9 heteroatoms. The summed E-state index contributed by atoms with van der Waals surface area (Å²) in [4.78, 5) is 32.3. The molecule has 0 unspecified atom stereocenters. The van der Waals surface area contributed by atoms with Crippen LogP contribution in [0.2, 0.25) is 0 Å². The zero-order valence-electron chi connectivity index (χ0n) is 15.2. The Morgan fingerprint density at radius 3 is 2.82 bits per heavy atom. The monoisotopic (exact) mass is 396 g/mol. The third-order valence-corrected chi connectivity index (χ3v) is 6.74. The predicted octanol–water partition coefficient (Wildman–Crippen LogP) is 2.21. The van der Waals surface area contributed by atoms with Gasteiger partial charge < -0.3 is 20.4 Å². The van der Waals surface area contributed by atoms with E-state index >= 15 is 0 Å². The van der Waals surface area contributed by atoms with Gasteiger partial charge in [-0.05, 0) is 24.5 Å². The lowest BCUT2D eigenvalue weighted by Crippen LogP contribution is -2.48. The largest absolute Gasteiger partial charge is 0.382 e. The number of imidazole rings is 1. The van der Waals surface area contributed by atoms with Gasteiger partial charge in [0.1, 0.15) is 11.5 Å². The summed E-state index contributed by atoms with van der Waals surface area (Å²) in [5.74, 6) is 0.408. The van der Waals surface area contributed by atoms with E-state index in [2.05, 4.69) is 26.0 Å². The van der Waals surface area contributed by atoms with Crippen molar-refractivity contribution in [1.82, 2.24) is 24.8 Å². The van der Waals surface area contributed by atoms with Gasteiger partial charge in [0, 0.05) is 24.4 Å². The zero-order chi connectivity index (χ0) is 19.1. The fraction of sp³-hybridized carbons (Fsp3) is 0.368. The molecule has 3 aromatic heterocycles. The molecule has 0 atom stereocenters. The molecule has 5 rings (SSSR count). The lowest BCUT2D eigenvalue weighted by atomic mass is 9.82. The summed E-state index contributed by atoms with van der Waals surface area (Å²) in [5.41, 5.74) is 7.93. The topological polar surface area (TPSA) is 110 Å². The van der Waals surface area contributed by atoms with Gasteiger partial charge in [-0.3, -0.25) is 4.79 Å². The molecular formula is C19H20N6O2S. The number of nitrogens with one attached hydrogen (secondary N) is 1. The second kappa shape index (κ2) is 6.68. The molecule has 3 N–H and O–H groups in total. The molecule has 3 aromatic rings. The van der Waals surface area contributed by atoms with E-state index in [1.54, 1.807) is 29.9 Å². The molecule has 0 radical (unpaired) electrons. The average Bonchev–Trinajstić information content (AvgIpc) is 3.40. The summed E-state index contributed by atoms with van der Waals surface area (Å²) in [6.45, 7) is 2.02. The van der Waals surface area contributed by atoms with Crippen LogP contribution >= 0.6 is 11.3 Å². The van der Waals surface area contributed by atoms with Crippen molar-refractivity contribution >= 4 is 23.1 Å². The molecule has 28 heavy (non-hydrogen) atoms. The van der Waals surface area contributed by atoms with Crippen molar-refractivity contribution in [2.75, 3.05) is 25.4 Å². The number of nitrogens with zero attached hydrogens (tertiary/aromatic N) is 4. The summed E-state index contributed by atoms with van der Waals surface area (Å²) in [6, 6.07) is 2.19. The maximum absolute atomic E-state index is 12.6. The Hall–Kier alpha value is -2.78. The normalized spacial score (nSPS) is 18.2. The summed E-state index contributed by atoms with van der Waals surface area (Å²) in [5, 5.41) is 0. The Balaban J connectivity index is 1.39. The first-order chi connectivity index (χ1) is 13.6. The Bertz CT molecular complexity index is 990. The van der Waals surface area contributed by atoms with Crippen LogP contribution in [0, 0.1) is 0 Å². The van der Waals surface area contributed by atoms with Gasteiger partial charge in [-0.2, -0.15) is 0 Å². The van der Waals surface area contributed by atoms with E-state index in [1.807, 2.05) is 4.90 Å². The molecule has 2 aliphatic heterocycles. The summed E-state index contributed by atoms with van der Waals surface area (Å²) in [7, 11) is 0. The van der Waals surface area contributed by atoms with Crippen LogP contribution in [0.4, 0.5) is 5.82 Å². The van der Waals surface area contributed by atoms with Crippen molar-refractivity contribution in [3.8, 4) is 10.6 Å². The van der Waals surface area contributed by atoms with Crippen LogP contribution in [-0.2, 0) is 16.8 Å². The number of likely N-dealkylation sites (tertiary alicyclic amines) is 1. The fourth-order valence-electron chi connectivity index (χ4n) is 4.04. The number of fused-ring (bicyclic) bond motifs is 2. The lowest BCUT2D eigenvalue weighted by molar-refractivity contribution is -0.0926. The number of piperidine rings is 1. The van der Waals surface area contributed by atoms with Crippen molar-refractivity contribution in [2.45, 2.75) is 24.9 Å². The highest BCUT2D eigenvalue weighted by atomic mass is 32.1. The van der Waals surface area contributed by atoms with Crippen LogP contribution in [0.15, 0.2) is 31.0 Å². The van der Waals surface area contributed by atoms with Crippen LogP contribution in [0.1, 0.15) is 33.8 Å². The number of carbonyl (C=O) groups excluding carboxylic acids is 1. The van der Waals surface area contributed by atoms with E-state index in [0.717, 1.165) is 29.8 Å². The summed E-state index contributed by atoms with van der Waals surface area (Å²) < 4.78 is 6.31. The highest BCUT2D eigenvalue weighted by molar-refractivity contribution is 7.15. The molecule has 5 heterocycles. The minimum absolute atomic E-state index is 0.00783. The Morgan fingerprint density at radius 2 is 2.11 bits per heavy atom. The molecular weight excluding hydrogens is 376 g/mol. The minimum Gasteiger partial charge on any atom is -0.382 e. The van der Waals surface area contributed by atoms with Crippen LogP contribution < -0.4 is 5.73 Å². The maximum atomic E-state index is 12.6. The Morgan fingerprint density at radius 1 is 1.25 bits per heavy atom. The third kappa shape index (κ3) is 2.87. The van der Waals surface area contributed by atoms with E-state index in [1.165, 1.54) is 16.8 Å². The number of nitrogens with two attached hydrogens (primary N) is 1. The molecule has 1 fully saturated rings. The zero-order valence-corrected chi connectivity index (χ0v) is 16.0. The van der Waals surface area contributed by atoms with Gasteiger partial charge in [-0.1, -0.05) is 0 Å². The van der Waals surface area contributed by atoms with Gasteiger partial charge >= 0.3 is 0 Å². The second-order valence-corrected chi connectivity index (χ2v) is 8.26. The van der Waals surface area contributed by atoms with E-state index < -0.39 is 0 Å². The van der Waals surface area contributed by atoms with E-state index in [4.69, 9.17) is 10.5 Å². The quantitative estimate of drug-likeness (QED) is 0.687. The molecule has 0 saturated carbocycles. The van der Waals surface area contributed by atoms with Gasteiger partial charge in [0.15, 0.2) is 0 Å². The maximum Gasteiger partial charge on any atom is 0.271 e. The van der Waals surface area contributed by atoms with Crippen molar-refractivity contribution in [1.29, 1.82) is 0 Å². The van der Waals surface area contributed by atoms with E-state index in [9.17, 15) is 4.79 Å². The number of aromatic nitrogens is 4. The first-order valence-corrected chi connectivity index (χ1v) is 10.1. The Kier molecular flexibility index (Phi) is 4.13. The number of nitrogen functional groups attached to an aromatic ring is 1. The lowest BCUT2D eigenvalue weighted by Gasteiger charge is -2.44. The van der Waals surface area contributed by atoms with E-state index in [0.29, 0.717) is 31.2 Å². The number of hydrogen-bond donors (Lipinski definition) is 2. The molecule has 1 amide bonds. The highest BCUT2D eigenvalue weighted by Gasteiger charge is 2.43. The van der Waals surface area contributed by atoms with E-state index in [-0.39, 0.29) is 11.5 Å². The number of rotatable bonds is 2. The predicted molar refractivity (Wildman–Crippen MR) is 105 cm³/mol. The summed E-state index contributed by atoms with van der Waals surface area (Å²) in [6.07, 6.45) is 8.86. The number of carbonyl (C=O) groups is 1. The van der Waals surface area contributed by atoms with Gasteiger partial charge in [0.05, 0.1) is 47.7 Å². The number of ether oxygens (including phenoxy) is 1. The molecule has 2 aliphatic rings. The van der Waals surface area contributed by atoms with Gasteiger partial charge in [0.2, 0.25) is 0 Å². The number of amides is 1.